The van der Waals surface area contributed by atoms with E-state index >= 15 is 0 Å². The minimum absolute atomic E-state index is 0.542. The molecule has 0 aliphatic heterocycles. The fourth-order valence-corrected chi connectivity index (χ4v) is 6.59. The first-order chi connectivity index (χ1) is 4.19. The molecule has 0 fully saturated rings. The van der Waals surface area contributed by atoms with E-state index in [1.54, 1.807) is 0 Å². The van der Waals surface area contributed by atoms with Gasteiger partial charge >= 0.3 is 0 Å². The Bertz CT molecular complexity index is 113. The third kappa shape index (κ3) is 2.62. The highest BCUT2D eigenvalue weighted by atomic mass is 127. The molecule has 0 aromatic heterocycles. The van der Waals surface area contributed by atoms with Crippen molar-refractivity contribution >= 4 is 53.3 Å². The Labute approximate surface area is 92.8 Å². The van der Waals surface area contributed by atoms with Crippen LogP contribution in [0.3, 0.4) is 0 Å². The first-order valence-corrected chi connectivity index (χ1v) is 9.04. The summed E-state index contributed by atoms with van der Waals surface area (Å²) >= 11 is 5.12. The van der Waals surface area contributed by atoms with Gasteiger partial charge in [0.1, 0.15) is 0 Å². The predicted octanol–water partition coefficient (Wildman–Crippen LogP) is 4.23. The SMILES string of the molecule is CC(C)(C)[Si](C)(C)C(I)I. The highest BCUT2D eigenvalue weighted by Crippen LogP contribution is 2.42. The summed E-state index contributed by atoms with van der Waals surface area (Å²) in [5, 5.41) is 0.542. The van der Waals surface area contributed by atoms with Crippen LogP contribution in [0.25, 0.3) is 0 Å². The van der Waals surface area contributed by atoms with E-state index in [-0.39, 0.29) is 0 Å². The average Bonchev–Trinajstić information content (AvgIpc) is 1.62. The normalized spacial score (nSPS) is 14.4. The van der Waals surface area contributed by atoms with Crippen LogP contribution in [0.2, 0.25) is 18.1 Å². The molecule has 0 atom stereocenters. The number of alkyl halides is 2. The topological polar surface area (TPSA) is 0 Å². The van der Waals surface area contributed by atoms with Crippen LogP contribution in [0.4, 0.5) is 0 Å². The van der Waals surface area contributed by atoms with Crippen LogP contribution < -0.4 is 0 Å². The van der Waals surface area contributed by atoms with E-state index in [1.807, 2.05) is 0 Å². The van der Waals surface area contributed by atoms with Crippen molar-refractivity contribution in [3.05, 3.63) is 0 Å². The van der Waals surface area contributed by atoms with Crippen molar-refractivity contribution < 1.29 is 0 Å². The van der Waals surface area contributed by atoms with Crippen molar-refractivity contribution in [1.82, 2.24) is 0 Å². The van der Waals surface area contributed by atoms with E-state index in [0.717, 1.165) is 1.55 Å². The first-order valence-electron chi connectivity index (χ1n) is 3.48. The summed E-state index contributed by atoms with van der Waals surface area (Å²) in [6.45, 7) is 12.0. The molecule has 0 amide bonds. The van der Waals surface area contributed by atoms with Crippen molar-refractivity contribution in [1.29, 1.82) is 0 Å². The smallest absolute Gasteiger partial charge is 0.0747 e. The van der Waals surface area contributed by atoms with Gasteiger partial charge in [-0.2, -0.15) is 0 Å². The number of halogens is 2. The second-order valence-electron chi connectivity index (χ2n) is 4.27. The standard InChI is InChI=1S/C7H16I2Si/c1-7(2,3)10(4,5)6(8)9/h6H,1-5H3. The van der Waals surface area contributed by atoms with Crippen LogP contribution in [-0.2, 0) is 0 Å². The summed E-state index contributed by atoms with van der Waals surface area (Å²) in [6, 6.07) is 0. The number of hydrogen-bond donors (Lipinski definition) is 0. The minimum Gasteiger partial charge on any atom is -0.0747 e. The molecule has 0 aliphatic rings. The lowest BCUT2D eigenvalue weighted by Crippen LogP contribution is -2.43. The Morgan fingerprint density at radius 2 is 1.40 bits per heavy atom. The van der Waals surface area contributed by atoms with E-state index in [9.17, 15) is 0 Å². The van der Waals surface area contributed by atoms with Gasteiger partial charge in [0, 0.05) is 0 Å². The first kappa shape index (κ1) is 11.7. The summed E-state index contributed by atoms with van der Waals surface area (Å²) < 4.78 is 0.836. The molecule has 0 aromatic carbocycles. The van der Waals surface area contributed by atoms with Crippen LogP contribution >= 0.6 is 45.2 Å². The van der Waals surface area contributed by atoms with Crippen molar-refractivity contribution in [3.8, 4) is 0 Å². The molecule has 0 radical (unpaired) electrons. The van der Waals surface area contributed by atoms with Gasteiger partial charge in [-0.3, -0.25) is 0 Å². The van der Waals surface area contributed by atoms with Crippen LogP contribution in [0.1, 0.15) is 20.8 Å². The predicted molar refractivity (Wildman–Crippen MR) is 69.0 cm³/mol. The van der Waals surface area contributed by atoms with E-state index < -0.39 is 8.07 Å². The van der Waals surface area contributed by atoms with E-state index in [4.69, 9.17) is 0 Å². The molecule has 10 heavy (non-hydrogen) atoms. The zero-order valence-electron chi connectivity index (χ0n) is 7.33. The molecule has 0 spiro atoms. The van der Waals surface area contributed by atoms with Crippen LogP contribution in [-0.4, -0.2) is 9.63 Å². The fourth-order valence-electron chi connectivity index (χ4n) is 0.327. The van der Waals surface area contributed by atoms with Gasteiger partial charge in [0.2, 0.25) is 0 Å². The summed E-state index contributed by atoms with van der Waals surface area (Å²) in [6.07, 6.45) is 0. The highest BCUT2D eigenvalue weighted by molar-refractivity contribution is 14.2. The van der Waals surface area contributed by atoms with Gasteiger partial charge in [0.15, 0.2) is 0 Å². The molecule has 0 saturated carbocycles. The summed E-state index contributed by atoms with van der Waals surface area (Å²) in [7, 11) is -1.01. The van der Waals surface area contributed by atoms with Gasteiger partial charge in [0.25, 0.3) is 0 Å². The van der Waals surface area contributed by atoms with Crippen molar-refractivity contribution in [2.24, 2.45) is 0 Å². The molecule has 0 heterocycles. The van der Waals surface area contributed by atoms with Gasteiger partial charge in [0.05, 0.1) is 9.63 Å². The maximum atomic E-state index is 2.56. The van der Waals surface area contributed by atoms with Gasteiger partial charge in [-0.15, -0.1) is 0 Å². The molecule has 62 valence electrons. The second kappa shape index (κ2) is 3.59. The molecule has 0 unspecified atom stereocenters. The molecule has 0 aromatic rings. The fraction of sp³-hybridized carbons (Fsp3) is 1.00. The van der Waals surface area contributed by atoms with E-state index in [0.29, 0.717) is 5.04 Å². The molecule has 3 heteroatoms. The van der Waals surface area contributed by atoms with Gasteiger partial charge in [-0.25, -0.2) is 0 Å². The van der Waals surface area contributed by atoms with Crippen molar-refractivity contribution in [3.63, 3.8) is 0 Å². The second-order valence-corrected chi connectivity index (χ2v) is 17.0. The molecular formula is C7H16I2Si. The molecule has 0 aliphatic carbocycles. The maximum absolute atomic E-state index is 2.56. The lowest BCUT2D eigenvalue weighted by Gasteiger charge is -2.38. The Balaban J connectivity index is 4.40. The zero-order valence-corrected chi connectivity index (χ0v) is 12.6. The minimum atomic E-state index is -1.01. The maximum Gasteiger partial charge on any atom is 0.0792 e. The Hall–Kier alpha value is 1.68. The monoisotopic (exact) mass is 382 g/mol. The molecular weight excluding hydrogens is 366 g/mol. The van der Waals surface area contributed by atoms with Crippen LogP contribution in [0, 0.1) is 0 Å². The van der Waals surface area contributed by atoms with E-state index in [2.05, 4.69) is 79.0 Å². The van der Waals surface area contributed by atoms with Gasteiger partial charge < -0.3 is 0 Å². The lowest BCUT2D eigenvalue weighted by atomic mass is 10.2. The summed E-state index contributed by atoms with van der Waals surface area (Å²) in [4.78, 5) is 0. The van der Waals surface area contributed by atoms with Crippen molar-refractivity contribution in [2.75, 3.05) is 0 Å². The Morgan fingerprint density at radius 3 is 1.40 bits per heavy atom. The van der Waals surface area contributed by atoms with Crippen LogP contribution in [0.15, 0.2) is 0 Å². The largest absolute Gasteiger partial charge is 0.0792 e. The zero-order chi connectivity index (χ0) is 8.58. The molecule has 0 N–H and O–H groups in total. The number of rotatable bonds is 1. The highest BCUT2D eigenvalue weighted by Gasteiger charge is 2.39. The summed E-state index contributed by atoms with van der Waals surface area (Å²) in [5.74, 6) is 0. The van der Waals surface area contributed by atoms with E-state index in [1.165, 1.54) is 0 Å². The quantitative estimate of drug-likeness (QED) is 0.362. The van der Waals surface area contributed by atoms with Crippen molar-refractivity contribution in [2.45, 2.75) is 40.5 Å². The Morgan fingerprint density at radius 1 is 1.10 bits per heavy atom. The lowest BCUT2D eigenvalue weighted by molar-refractivity contribution is 0.723. The summed E-state index contributed by atoms with van der Waals surface area (Å²) in [5.41, 5.74) is 0. The third-order valence-electron chi connectivity index (χ3n) is 2.48. The number of hydrogen-bond acceptors (Lipinski definition) is 0. The van der Waals surface area contributed by atoms with Gasteiger partial charge in [-0.1, -0.05) is 79.0 Å². The van der Waals surface area contributed by atoms with Gasteiger partial charge in [-0.05, 0) is 5.04 Å². The molecule has 0 nitrogen and oxygen atoms in total. The Kier molecular flexibility index (Phi) is 4.20. The molecule has 0 saturated heterocycles. The third-order valence-corrected chi connectivity index (χ3v) is 16.8. The molecule has 0 rings (SSSR count). The van der Waals surface area contributed by atoms with Crippen LogP contribution in [0.5, 0.6) is 0 Å². The molecule has 0 bridgehead atoms. The average molecular weight is 382 g/mol.